The fourth-order valence-corrected chi connectivity index (χ4v) is 1.60. The number of phenols is 1. The van der Waals surface area contributed by atoms with Crippen LogP contribution in [-0.2, 0) is 9.53 Å². The van der Waals surface area contributed by atoms with Crippen LogP contribution in [0.1, 0.15) is 30.6 Å². The minimum Gasteiger partial charge on any atom is -0.508 e. The van der Waals surface area contributed by atoms with Crippen LogP contribution in [0.4, 0.5) is 0 Å². The van der Waals surface area contributed by atoms with E-state index in [-0.39, 0.29) is 11.3 Å². The summed E-state index contributed by atoms with van der Waals surface area (Å²) in [5.74, 6) is -0.939. The molecule has 2 N–H and O–H groups in total. The summed E-state index contributed by atoms with van der Waals surface area (Å²) in [6.07, 6.45) is 2.21. The molecular formula is C15H19NO4. The summed E-state index contributed by atoms with van der Waals surface area (Å²) in [5.41, 5.74) is 1.33. The van der Waals surface area contributed by atoms with E-state index in [1.807, 2.05) is 19.9 Å². The van der Waals surface area contributed by atoms with Gasteiger partial charge < -0.3 is 15.2 Å². The van der Waals surface area contributed by atoms with Crippen LogP contribution in [0.2, 0.25) is 0 Å². The van der Waals surface area contributed by atoms with Crippen LogP contribution in [0.15, 0.2) is 35.9 Å². The number of phenolic OH excluding ortho intramolecular Hbond substituents is 1. The maximum atomic E-state index is 12.0. The van der Waals surface area contributed by atoms with Gasteiger partial charge in [-0.2, -0.15) is 0 Å². The van der Waals surface area contributed by atoms with Gasteiger partial charge in [-0.1, -0.05) is 17.7 Å². The van der Waals surface area contributed by atoms with Crippen molar-refractivity contribution in [2.75, 3.05) is 7.11 Å². The number of methoxy groups -OCH3 is 1. The first-order valence-corrected chi connectivity index (χ1v) is 6.25. The molecule has 108 valence electrons. The van der Waals surface area contributed by atoms with Gasteiger partial charge in [-0.15, -0.1) is 0 Å². The predicted octanol–water partition coefficient (Wildman–Crippen LogP) is 2.02. The van der Waals surface area contributed by atoms with Crippen molar-refractivity contribution in [3.8, 4) is 5.75 Å². The Bertz CT molecular complexity index is 518. The standard InChI is InChI=1S/C15H19NO4/c1-10(2)7-8-13(15(19)20-3)16-14(18)11-5-4-6-12(17)9-11/h4-7,9,13,17H,8H2,1-3H3,(H,16,18)/t13-/m0/s1. The molecule has 1 amide bonds. The molecule has 0 fully saturated rings. The highest BCUT2D eigenvalue weighted by molar-refractivity contribution is 5.97. The van der Waals surface area contributed by atoms with E-state index in [0.717, 1.165) is 5.57 Å². The van der Waals surface area contributed by atoms with E-state index in [1.165, 1.54) is 19.2 Å². The van der Waals surface area contributed by atoms with E-state index >= 15 is 0 Å². The molecular weight excluding hydrogens is 258 g/mol. The molecule has 5 heteroatoms. The summed E-state index contributed by atoms with van der Waals surface area (Å²) >= 11 is 0. The number of hydrogen-bond donors (Lipinski definition) is 2. The van der Waals surface area contributed by atoms with Gasteiger partial charge in [0.05, 0.1) is 7.11 Å². The molecule has 1 aromatic rings. The van der Waals surface area contributed by atoms with Gasteiger partial charge in [0.25, 0.3) is 5.91 Å². The molecule has 1 atom stereocenters. The van der Waals surface area contributed by atoms with Gasteiger partial charge in [-0.25, -0.2) is 4.79 Å². The van der Waals surface area contributed by atoms with Crippen molar-refractivity contribution in [3.05, 3.63) is 41.5 Å². The Labute approximate surface area is 118 Å². The Hall–Kier alpha value is -2.30. The number of carbonyl (C=O) groups is 2. The van der Waals surface area contributed by atoms with Crippen molar-refractivity contribution in [2.24, 2.45) is 0 Å². The highest BCUT2D eigenvalue weighted by atomic mass is 16.5. The molecule has 0 spiro atoms. The van der Waals surface area contributed by atoms with Crippen LogP contribution in [0.25, 0.3) is 0 Å². The van der Waals surface area contributed by atoms with Crippen LogP contribution in [0, 0.1) is 0 Å². The SMILES string of the molecule is COC(=O)[C@H](CC=C(C)C)NC(=O)c1cccc(O)c1. The number of aromatic hydroxyl groups is 1. The zero-order chi connectivity index (χ0) is 15.1. The third-order valence-corrected chi connectivity index (χ3v) is 2.66. The quantitative estimate of drug-likeness (QED) is 0.637. The van der Waals surface area contributed by atoms with Crippen molar-refractivity contribution in [2.45, 2.75) is 26.3 Å². The van der Waals surface area contributed by atoms with Gasteiger partial charge in [0, 0.05) is 5.56 Å². The number of hydrogen-bond acceptors (Lipinski definition) is 4. The number of allylic oxidation sites excluding steroid dienone is 1. The summed E-state index contributed by atoms with van der Waals surface area (Å²) in [6, 6.07) is 5.19. The first-order chi connectivity index (χ1) is 9.43. The molecule has 0 saturated heterocycles. The van der Waals surface area contributed by atoms with Gasteiger partial charge in [0.1, 0.15) is 11.8 Å². The lowest BCUT2D eigenvalue weighted by molar-refractivity contribution is -0.142. The Kier molecular flexibility index (Phi) is 5.77. The van der Waals surface area contributed by atoms with Gasteiger partial charge in [0.15, 0.2) is 0 Å². The minimum absolute atomic E-state index is 0.00318. The number of carbonyl (C=O) groups excluding carboxylic acids is 2. The lowest BCUT2D eigenvalue weighted by Crippen LogP contribution is -2.41. The van der Waals surface area contributed by atoms with E-state index in [9.17, 15) is 14.7 Å². The van der Waals surface area contributed by atoms with E-state index in [1.54, 1.807) is 12.1 Å². The van der Waals surface area contributed by atoms with E-state index in [2.05, 4.69) is 10.1 Å². The van der Waals surface area contributed by atoms with Crippen LogP contribution >= 0.6 is 0 Å². The summed E-state index contributed by atoms with van der Waals surface area (Å²) in [7, 11) is 1.28. The molecule has 0 bridgehead atoms. The smallest absolute Gasteiger partial charge is 0.328 e. The second kappa shape index (κ2) is 7.33. The molecule has 0 aromatic heterocycles. The van der Waals surface area contributed by atoms with Crippen LogP contribution in [0.5, 0.6) is 5.75 Å². The maximum Gasteiger partial charge on any atom is 0.328 e. The first-order valence-electron chi connectivity index (χ1n) is 6.25. The predicted molar refractivity (Wildman–Crippen MR) is 75.4 cm³/mol. The number of amides is 1. The van der Waals surface area contributed by atoms with Crippen molar-refractivity contribution >= 4 is 11.9 Å². The van der Waals surface area contributed by atoms with Crippen LogP contribution in [-0.4, -0.2) is 30.1 Å². The number of esters is 1. The lowest BCUT2D eigenvalue weighted by atomic mass is 10.1. The second-order valence-corrected chi connectivity index (χ2v) is 4.62. The molecule has 0 aliphatic rings. The Balaban J connectivity index is 2.81. The Morgan fingerprint density at radius 2 is 2.10 bits per heavy atom. The molecule has 0 aliphatic heterocycles. The summed E-state index contributed by atoms with van der Waals surface area (Å²) in [5, 5.41) is 11.9. The third kappa shape index (κ3) is 4.76. The van der Waals surface area contributed by atoms with E-state index in [4.69, 9.17) is 0 Å². The van der Waals surface area contributed by atoms with Gasteiger partial charge in [-0.05, 0) is 38.5 Å². The summed E-state index contributed by atoms with van der Waals surface area (Å²) in [6.45, 7) is 3.82. The topological polar surface area (TPSA) is 75.6 Å². The Morgan fingerprint density at radius 1 is 1.40 bits per heavy atom. The number of nitrogens with one attached hydrogen (secondary N) is 1. The number of rotatable bonds is 5. The molecule has 5 nitrogen and oxygen atoms in total. The van der Waals surface area contributed by atoms with Crippen molar-refractivity contribution in [1.82, 2.24) is 5.32 Å². The van der Waals surface area contributed by atoms with Gasteiger partial charge in [-0.3, -0.25) is 4.79 Å². The van der Waals surface area contributed by atoms with E-state index < -0.39 is 17.9 Å². The zero-order valence-electron chi connectivity index (χ0n) is 11.8. The zero-order valence-corrected chi connectivity index (χ0v) is 11.8. The highest BCUT2D eigenvalue weighted by Gasteiger charge is 2.21. The summed E-state index contributed by atoms with van der Waals surface area (Å²) in [4.78, 5) is 23.7. The minimum atomic E-state index is -0.746. The maximum absolute atomic E-state index is 12.0. The van der Waals surface area contributed by atoms with E-state index in [0.29, 0.717) is 6.42 Å². The molecule has 0 radical (unpaired) electrons. The molecule has 0 unspecified atom stereocenters. The Morgan fingerprint density at radius 3 is 2.65 bits per heavy atom. The lowest BCUT2D eigenvalue weighted by Gasteiger charge is -2.15. The molecule has 1 rings (SSSR count). The van der Waals surface area contributed by atoms with Crippen molar-refractivity contribution < 1.29 is 19.4 Å². The molecule has 20 heavy (non-hydrogen) atoms. The summed E-state index contributed by atoms with van der Waals surface area (Å²) < 4.78 is 4.67. The highest BCUT2D eigenvalue weighted by Crippen LogP contribution is 2.11. The fourth-order valence-electron chi connectivity index (χ4n) is 1.60. The van der Waals surface area contributed by atoms with Crippen LogP contribution < -0.4 is 5.32 Å². The fraction of sp³-hybridized carbons (Fsp3) is 0.333. The van der Waals surface area contributed by atoms with Gasteiger partial charge >= 0.3 is 5.97 Å². The number of benzene rings is 1. The monoisotopic (exact) mass is 277 g/mol. The van der Waals surface area contributed by atoms with Gasteiger partial charge in [0.2, 0.25) is 0 Å². The largest absolute Gasteiger partial charge is 0.508 e. The number of ether oxygens (including phenoxy) is 1. The first kappa shape index (κ1) is 15.8. The normalized spacial score (nSPS) is 11.3. The molecule has 0 saturated carbocycles. The average Bonchev–Trinajstić information content (AvgIpc) is 2.42. The second-order valence-electron chi connectivity index (χ2n) is 4.62. The molecule has 0 heterocycles. The molecule has 0 aliphatic carbocycles. The average molecular weight is 277 g/mol. The van der Waals surface area contributed by atoms with Crippen molar-refractivity contribution in [3.63, 3.8) is 0 Å². The molecule has 1 aromatic carbocycles. The third-order valence-electron chi connectivity index (χ3n) is 2.66. The van der Waals surface area contributed by atoms with Crippen LogP contribution in [0.3, 0.4) is 0 Å². The van der Waals surface area contributed by atoms with Crippen molar-refractivity contribution in [1.29, 1.82) is 0 Å².